The van der Waals surface area contributed by atoms with Gasteiger partial charge >= 0.3 is 0 Å². The standard InChI is InChI=1S/C14H22N4S/c1-3-18-13-8-6-5-7-12(13)16-14(18)9-11(17-15)10-19-4-2/h5-8,11,17H,3-4,9-10,15H2,1-2H3. The topological polar surface area (TPSA) is 55.9 Å². The lowest BCUT2D eigenvalue weighted by molar-refractivity contribution is 0.546. The van der Waals surface area contributed by atoms with Crippen LogP contribution in [0.3, 0.4) is 0 Å². The van der Waals surface area contributed by atoms with Crippen LogP contribution in [0.1, 0.15) is 19.7 Å². The number of hydrogen-bond acceptors (Lipinski definition) is 4. The Balaban J connectivity index is 2.23. The first-order valence-electron chi connectivity index (χ1n) is 6.78. The van der Waals surface area contributed by atoms with Gasteiger partial charge in [-0.3, -0.25) is 11.3 Å². The maximum atomic E-state index is 5.65. The number of aromatic nitrogens is 2. The molecule has 1 heterocycles. The summed E-state index contributed by atoms with van der Waals surface area (Å²) in [6.07, 6.45) is 0.867. The van der Waals surface area contributed by atoms with E-state index in [1.165, 1.54) is 5.52 Å². The highest BCUT2D eigenvalue weighted by Crippen LogP contribution is 2.17. The van der Waals surface area contributed by atoms with Gasteiger partial charge in [-0.2, -0.15) is 11.8 Å². The molecule has 0 aliphatic carbocycles. The average Bonchev–Trinajstić information content (AvgIpc) is 2.80. The predicted molar refractivity (Wildman–Crippen MR) is 83.2 cm³/mol. The third kappa shape index (κ3) is 3.29. The molecule has 0 spiro atoms. The Hall–Kier alpha value is -1.04. The summed E-state index contributed by atoms with van der Waals surface area (Å²) in [6, 6.07) is 8.56. The number of benzene rings is 1. The first-order chi connectivity index (χ1) is 9.30. The molecule has 1 aromatic heterocycles. The highest BCUT2D eigenvalue weighted by atomic mass is 32.2. The minimum absolute atomic E-state index is 0.270. The number of thioether (sulfide) groups is 1. The van der Waals surface area contributed by atoms with Crippen LogP contribution in [-0.4, -0.2) is 27.1 Å². The Morgan fingerprint density at radius 3 is 2.84 bits per heavy atom. The van der Waals surface area contributed by atoms with E-state index < -0.39 is 0 Å². The summed E-state index contributed by atoms with van der Waals surface area (Å²) in [4.78, 5) is 4.74. The maximum Gasteiger partial charge on any atom is 0.111 e. The fraction of sp³-hybridized carbons (Fsp3) is 0.500. The number of hydrazine groups is 1. The molecule has 0 aliphatic heterocycles. The van der Waals surface area contributed by atoms with Crippen molar-refractivity contribution in [2.45, 2.75) is 32.9 Å². The van der Waals surface area contributed by atoms with Crippen molar-refractivity contribution in [1.29, 1.82) is 0 Å². The van der Waals surface area contributed by atoms with Crippen molar-refractivity contribution in [2.24, 2.45) is 5.84 Å². The summed E-state index contributed by atoms with van der Waals surface area (Å²) in [5.74, 6) is 8.89. The lowest BCUT2D eigenvalue weighted by atomic mass is 10.2. The van der Waals surface area contributed by atoms with Crippen molar-refractivity contribution in [3.63, 3.8) is 0 Å². The normalized spacial score (nSPS) is 13.0. The number of nitrogens with zero attached hydrogens (tertiary/aromatic N) is 2. The summed E-state index contributed by atoms with van der Waals surface area (Å²) in [7, 11) is 0. The molecule has 0 bridgehead atoms. The number of rotatable bonds is 7. The molecule has 5 heteroatoms. The molecule has 0 saturated heterocycles. The highest BCUT2D eigenvalue weighted by molar-refractivity contribution is 7.99. The fourth-order valence-electron chi connectivity index (χ4n) is 2.28. The van der Waals surface area contributed by atoms with Gasteiger partial charge in [0.2, 0.25) is 0 Å². The van der Waals surface area contributed by atoms with Crippen LogP contribution in [0.2, 0.25) is 0 Å². The van der Waals surface area contributed by atoms with Crippen molar-refractivity contribution >= 4 is 22.8 Å². The molecule has 1 unspecified atom stereocenters. The highest BCUT2D eigenvalue weighted by Gasteiger charge is 2.14. The van der Waals surface area contributed by atoms with E-state index in [4.69, 9.17) is 10.8 Å². The molecule has 2 rings (SSSR count). The molecular formula is C14H22N4S. The second kappa shape index (κ2) is 6.93. The number of hydrogen-bond donors (Lipinski definition) is 2. The number of para-hydroxylation sites is 2. The molecule has 1 aromatic carbocycles. The van der Waals surface area contributed by atoms with Gasteiger partial charge in [-0.25, -0.2) is 4.98 Å². The molecule has 1 atom stereocenters. The quantitative estimate of drug-likeness (QED) is 0.602. The van der Waals surface area contributed by atoms with Gasteiger partial charge in [-0.15, -0.1) is 0 Å². The second-order valence-corrected chi connectivity index (χ2v) is 5.81. The fourth-order valence-corrected chi connectivity index (χ4v) is 3.01. The van der Waals surface area contributed by atoms with E-state index in [0.717, 1.165) is 35.8 Å². The second-order valence-electron chi connectivity index (χ2n) is 4.49. The Labute approximate surface area is 118 Å². The smallest absolute Gasteiger partial charge is 0.111 e. The first kappa shape index (κ1) is 14.4. The largest absolute Gasteiger partial charge is 0.328 e. The summed E-state index contributed by atoms with van der Waals surface area (Å²) < 4.78 is 2.27. The third-order valence-electron chi connectivity index (χ3n) is 3.24. The summed E-state index contributed by atoms with van der Waals surface area (Å²) in [5, 5.41) is 0. The van der Waals surface area contributed by atoms with E-state index in [1.807, 2.05) is 17.8 Å². The molecule has 0 amide bonds. The molecule has 104 valence electrons. The lowest BCUT2D eigenvalue weighted by Gasteiger charge is -2.15. The van der Waals surface area contributed by atoms with Crippen molar-refractivity contribution in [3.8, 4) is 0 Å². The van der Waals surface area contributed by atoms with Crippen LogP contribution in [-0.2, 0) is 13.0 Å². The van der Waals surface area contributed by atoms with E-state index >= 15 is 0 Å². The average molecular weight is 278 g/mol. The zero-order valence-electron chi connectivity index (χ0n) is 11.6. The van der Waals surface area contributed by atoms with Crippen LogP contribution in [0.25, 0.3) is 11.0 Å². The van der Waals surface area contributed by atoms with Crippen molar-refractivity contribution < 1.29 is 0 Å². The van der Waals surface area contributed by atoms with Crippen LogP contribution in [0, 0.1) is 0 Å². The Kier molecular flexibility index (Phi) is 5.24. The Morgan fingerprint density at radius 2 is 2.16 bits per heavy atom. The van der Waals surface area contributed by atoms with Crippen LogP contribution in [0.4, 0.5) is 0 Å². The zero-order chi connectivity index (χ0) is 13.7. The molecular weight excluding hydrogens is 256 g/mol. The lowest BCUT2D eigenvalue weighted by Crippen LogP contribution is -2.39. The van der Waals surface area contributed by atoms with Crippen LogP contribution >= 0.6 is 11.8 Å². The van der Waals surface area contributed by atoms with Crippen molar-refractivity contribution in [2.75, 3.05) is 11.5 Å². The molecule has 0 fully saturated rings. The number of fused-ring (bicyclic) bond motifs is 1. The summed E-state index contributed by atoms with van der Waals surface area (Å²) >= 11 is 1.90. The third-order valence-corrected chi connectivity index (χ3v) is 4.28. The van der Waals surface area contributed by atoms with Gasteiger partial charge in [0.15, 0.2) is 0 Å². The summed E-state index contributed by atoms with van der Waals surface area (Å²) in [5.41, 5.74) is 5.18. The molecule has 0 saturated carbocycles. The van der Waals surface area contributed by atoms with Gasteiger partial charge in [-0.1, -0.05) is 19.1 Å². The molecule has 4 nitrogen and oxygen atoms in total. The Morgan fingerprint density at radius 1 is 1.37 bits per heavy atom. The molecule has 0 aliphatic rings. The SMILES string of the molecule is CCSCC(Cc1nc2ccccc2n1CC)NN. The summed E-state index contributed by atoms with van der Waals surface area (Å²) in [6.45, 7) is 5.26. The number of nitrogens with two attached hydrogens (primary N) is 1. The maximum absolute atomic E-state index is 5.65. The van der Waals surface area contributed by atoms with E-state index in [1.54, 1.807) is 0 Å². The van der Waals surface area contributed by atoms with Gasteiger partial charge in [0.05, 0.1) is 11.0 Å². The van der Waals surface area contributed by atoms with Crippen LogP contribution in [0.5, 0.6) is 0 Å². The first-order valence-corrected chi connectivity index (χ1v) is 7.93. The van der Waals surface area contributed by atoms with Crippen molar-refractivity contribution in [3.05, 3.63) is 30.1 Å². The molecule has 0 radical (unpaired) electrons. The minimum atomic E-state index is 0.270. The van der Waals surface area contributed by atoms with E-state index in [2.05, 4.69) is 42.0 Å². The van der Waals surface area contributed by atoms with E-state index in [0.29, 0.717) is 0 Å². The van der Waals surface area contributed by atoms with Gasteiger partial charge < -0.3 is 4.57 Å². The minimum Gasteiger partial charge on any atom is -0.328 e. The number of aryl methyl sites for hydroxylation is 1. The number of imidazole rings is 1. The predicted octanol–water partition coefficient (Wildman–Crippen LogP) is 2.18. The molecule has 2 aromatic rings. The van der Waals surface area contributed by atoms with E-state index in [-0.39, 0.29) is 6.04 Å². The zero-order valence-corrected chi connectivity index (χ0v) is 12.4. The van der Waals surface area contributed by atoms with Gasteiger partial charge in [0.25, 0.3) is 0 Å². The Bertz CT molecular complexity index is 523. The van der Waals surface area contributed by atoms with Gasteiger partial charge in [0, 0.05) is 24.8 Å². The number of nitrogens with one attached hydrogen (secondary N) is 1. The van der Waals surface area contributed by atoms with Crippen molar-refractivity contribution in [1.82, 2.24) is 15.0 Å². The van der Waals surface area contributed by atoms with E-state index in [9.17, 15) is 0 Å². The molecule has 19 heavy (non-hydrogen) atoms. The van der Waals surface area contributed by atoms with Crippen LogP contribution in [0.15, 0.2) is 24.3 Å². The molecule has 3 N–H and O–H groups in total. The van der Waals surface area contributed by atoms with Gasteiger partial charge in [-0.05, 0) is 24.8 Å². The van der Waals surface area contributed by atoms with Gasteiger partial charge in [0.1, 0.15) is 5.82 Å². The van der Waals surface area contributed by atoms with Crippen LogP contribution < -0.4 is 11.3 Å². The monoisotopic (exact) mass is 278 g/mol.